The monoisotopic (exact) mass is 1120 g/mol. The predicted octanol–water partition coefficient (Wildman–Crippen LogP) is 20.2. The number of nitrogens with zero attached hydrogens (tertiary/aromatic N) is 4. The summed E-state index contributed by atoms with van der Waals surface area (Å²) in [4.78, 5) is 15.6. The Balaban J connectivity index is 0.000000457. The first-order valence-corrected chi connectivity index (χ1v) is 26.0. The molecule has 0 bridgehead atoms. The van der Waals surface area contributed by atoms with Gasteiger partial charge in [-0.3, -0.25) is 9.97 Å². The number of halogens is 8. The molecule has 0 radical (unpaired) electrons. The highest BCUT2D eigenvalue weighted by atomic mass is 19.4. The minimum atomic E-state index is -4.22. The number of alkyl halides is 3. The first-order valence-electron chi connectivity index (χ1n) is 26.0. The number of hydrogen-bond acceptors (Lipinski definition) is 4. The average Bonchev–Trinajstić information content (AvgIpc) is 3.46. The van der Waals surface area contributed by atoms with Crippen LogP contribution in [0.2, 0.25) is 0 Å². The van der Waals surface area contributed by atoms with Crippen molar-refractivity contribution in [2.75, 3.05) is 0 Å². The van der Waals surface area contributed by atoms with E-state index in [2.05, 4.69) is 96.2 Å². The third kappa shape index (κ3) is 35.8. The van der Waals surface area contributed by atoms with E-state index in [1.807, 2.05) is 107 Å². The Labute approximate surface area is 481 Å². The van der Waals surface area contributed by atoms with E-state index >= 15 is 0 Å². The molecule has 3 aromatic heterocycles. The molecule has 4 nitrogen and oxygen atoms in total. The molecular weight excluding hydrogens is 1050 g/mol. The summed E-state index contributed by atoms with van der Waals surface area (Å²) in [7, 11) is 0. The van der Waals surface area contributed by atoms with Gasteiger partial charge in [-0.15, -0.1) is 0 Å². The highest BCUT2D eigenvalue weighted by Crippen LogP contribution is 2.29. The smallest absolute Gasteiger partial charge is 0.264 e. The van der Waals surface area contributed by atoms with Crippen LogP contribution in [0, 0.1) is 119 Å². The molecule has 0 spiro atoms. The highest BCUT2D eigenvalue weighted by Gasteiger charge is 2.29. The number of pyridine rings is 2. The van der Waals surface area contributed by atoms with E-state index in [0.717, 1.165) is 35.3 Å². The Hall–Kier alpha value is -8.64. The first-order chi connectivity index (χ1) is 38.8. The molecule has 0 saturated carbocycles. The lowest BCUT2D eigenvalue weighted by Crippen LogP contribution is -2.04. The van der Waals surface area contributed by atoms with Crippen LogP contribution in [0.25, 0.3) is 0 Å². The molecule has 3 heterocycles. The zero-order valence-corrected chi connectivity index (χ0v) is 49.2. The maximum atomic E-state index is 12.6. The second-order valence-corrected chi connectivity index (χ2v) is 18.6. The van der Waals surface area contributed by atoms with Gasteiger partial charge in [0.2, 0.25) is 0 Å². The zero-order chi connectivity index (χ0) is 61.5. The Bertz CT molecular complexity index is 2920. The quantitative estimate of drug-likeness (QED) is 0.142. The third-order valence-corrected chi connectivity index (χ3v) is 10.6. The van der Waals surface area contributed by atoms with Gasteiger partial charge in [-0.1, -0.05) is 161 Å². The van der Waals surface area contributed by atoms with Crippen molar-refractivity contribution < 1.29 is 35.1 Å². The highest BCUT2D eigenvalue weighted by molar-refractivity contribution is 5.26. The summed E-state index contributed by atoms with van der Waals surface area (Å²) in [5, 5.41) is 0. The number of benzene rings is 7. The van der Waals surface area contributed by atoms with E-state index in [9.17, 15) is 35.1 Å². The number of hydrogen-bond donors (Lipinski definition) is 0. The Morgan fingerprint density at radius 1 is 0.305 bits per heavy atom. The lowest BCUT2D eigenvalue weighted by Gasteiger charge is -2.05. The van der Waals surface area contributed by atoms with Crippen molar-refractivity contribution in [3.63, 3.8) is 0 Å². The minimum Gasteiger partial charge on any atom is -0.264 e. The average molecular weight is 1130 g/mol. The summed E-state index contributed by atoms with van der Waals surface area (Å²) in [5.41, 5.74) is 10.5. The minimum absolute atomic E-state index is 0.0885. The maximum Gasteiger partial charge on any atom is 0.416 e. The van der Waals surface area contributed by atoms with Gasteiger partial charge in [-0.25, -0.2) is 31.9 Å². The summed E-state index contributed by atoms with van der Waals surface area (Å²) in [5.74, 6) is -1.26. The summed E-state index contributed by atoms with van der Waals surface area (Å²) in [6.07, 6.45) is 4.62. The second kappa shape index (κ2) is 40.5. The SMILES string of the molecule is Cc1cc(F)c(C)c(F)c1.Cc1ccc(C)c(F)c1.Cc1ccc(C)cc1.Cc1ccc(F)cc1F.Cc1cccc(C(F)(F)F)c1.Cc1ccccc1.Cc1ccccc1.Cc1ccccn1.Cc1cccnc1.Cc1ncccn1. The van der Waals surface area contributed by atoms with Crippen LogP contribution in [0.15, 0.2) is 225 Å². The summed E-state index contributed by atoms with van der Waals surface area (Å²) in [6.45, 7) is 24.2. The molecule has 12 heteroatoms. The molecule has 0 atom stereocenters. The molecule has 0 unspecified atom stereocenters. The lowest BCUT2D eigenvalue weighted by molar-refractivity contribution is -0.137. The van der Waals surface area contributed by atoms with Crippen molar-refractivity contribution in [3.8, 4) is 0 Å². The normalized spacial score (nSPS) is 9.52. The van der Waals surface area contributed by atoms with Gasteiger partial charge in [-0.05, 0) is 172 Å². The molecule has 0 amide bonds. The van der Waals surface area contributed by atoms with Crippen LogP contribution in [0.1, 0.15) is 78.3 Å². The topological polar surface area (TPSA) is 51.6 Å². The summed E-state index contributed by atoms with van der Waals surface area (Å²) in [6, 6.07) is 57.2. The Kier molecular flexibility index (Phi) is 35.3. The van der Waals surface area contributed by atoms with Gasteiger partial charge in [0.15, 0.2) is 0 Å². The molecule has 7 aromatic carbocycles. The lowest BCUT2D eigenvalue weighted by atomic mass is 10.1. The van der Waals surface area contributed by atoms with Gasteiger partial charge >= 0.3 is 6.18 Å². The third-order valence-electron chi connectivity index (χ3n) is 10.6. The number of rotatable bonds is 0. The van der Waals surface area contributed by atoms with Gasteiger partial charge in [0.1, 0.15) is 34.9 Å². The summed E-state index contributed by atoms with van der Waals surface area (Å²) < 4.78 is 98.1. The van der Waals surface area contributed by atoms with Gasteiger partial charge in [0.05, 0.1) is 5.56 Å². The van der Waals surface area contributed by atoms with Crippen LogP contribution < -0.4 is 0 Å². The molecule has 0 aliphatic heterocycles. The van der Waals surface area contributed by atoms with Gasteiger partial charge in [0.25, 0.3) is 0 Å². The van der Waals surface area contributed by atoms with E-state index in [1.54, 1.807) is 70.7 Å². The molecule has 0 aliphatic carbocycles. The van der Waals surface area contributed by atoms with Crippen LogP contribution in [0.5, 0.6) is 0 Å². The van der Waals surface area contributed by atoms with Crippen molar-refractivity contribution in [1.82, 2.24) is 19.9 Å². The van der Waals surface area contributed by atoms with Crippen molar-refractivity contribution in [2.45, 2.75) is 96.2 Å². The van der Waals surface area contributed by atoms with Crippen LogP contribution in [0.3, 0.4) is 0 Å². The molecule has 10 aromatic rings. The number of aromatic nitrogens is 4. The zero-order valence-electron chi connectivity index (χ0n) is 49.2. The van der Waals surface area contributed by atoms with Crippen molar-refractivity contribution in [3.05, 3.63) is 332 Å². The van der Waals surface area contributed by atoms with E-state index in [0.29, 0.717) is 22.3 Å². The Morgan fingerprint density at radius 2 is 0.720 bits per heavy atom. The second-order valence-electron chi connectivity index (χ2n) is 18.6. The van der Waals surface area contributed by atoms with Crippen molar-refractivity contribution in [2.24, 2.45) is 0 Å². The fourth-order valence-corrected chi connectivity index (χ4v) is 5.83. The molecular formula is C70H76F8N4. The molecule has 0 saturated heterocycles. The van der Waals surface area contributed by atoms with E-state index in [1.165, 1.54) is 71.1 Å². The van der Waals surface area contributed by atoms with Crippen LogP contribution >= 0.6 is 0 Å². The van der Waals surface area contributed by atoms with Gasteiger partial charge in [-0.2, -0.15) is 13.2 Å². The molecule has 0 fully saturated rings. The van der Waals surface area contributed by atoms with E-state index < -0.39 is 35.0 Å². The first kappa shape index (κ1) is 71.4. The van der Waals surface area contributed by atoms with Gasteiger partial charge in [0, 0.05) is 48.3 Å². The fourth-order valence-electron chi connectivity index (χ4n) is 5.83. The van der Waals surface area contributed by atoms with Gasteiger partial charge < -0.3 is 0 Å². The summed E-state index contributed by atoms with van der Waals surface area (Å²) >= 11 is 0. The fraction of sp³-hybridized carbons (Fsp3) is 0.200. The largest absolute Gasteiger partial charge is 0.416 e. The Morgan fingerprint density at radius 3 is 1.02 bits per heavy atom. The predicted molar refractivity (Wildman–Crippen MR) is 322 cm³/mol. The van der Waals surface area contributed by atoms with Crippen LogP contribution in [0.4, 0.5) is 35.1 Å². The van der Waals surface area contributed by atoms with Crippen LogP contribution in [-0.4, -0.2) is 19.9 Å². The van der Waals surface area contributed by atoms with Crippen LogP contribution in [-0.2, 0) is 6.18 Å². The van der Waals surface area contributed by atoms with Crippen molar-refractivity contribution >= 4 is 0 Å². The van der Waals surface area contributed by atoms with E-state index in [-0.39, 0.29) is 11.4 Å². The molecule has 82 heavy (non-hydrogen) atoms. The molecule has 0 N–H and O–H groups in total. The molecule has 432 valence electrons. The molecule has 0 aliphatic rings. The van der Waals surface area contributed by atoms with E-state index in [4.69, 9.17) is 0 Å². The number of aryl methyl sites for hydroxylation is 12. The molecule has 10 rings (SSSR count). The standard InChI is InChI=1S/C8H7F3.C8H8F2.C8H9F.C8H10.C7H6F2.2C7H8.2C6H7N.C5H6N2/c1-6-3-2-4-7(5-6)8(9,10)11;1-5-3-7(9)6(2)8(10)4-5;1-6-3-4-7(2)8(9)5-6;1-7-3-5-8(2)6-4-7;1-5-2-3-6(8)4-7(5)9;2*1-7-5-3-2-4-6-7;1-6-3-2-4-7-5-6;1-6-4-2-3-5-7-6;1-5-6-3-2-4-7-5/h2-5H,1H3;3-4H,1-2H3;3-5H,1-2H3;3-6H,1-2H3;2-4H,1H3;2*2-6H,1H3;2*2-5H,1H3;2-4H,1H3. The van der Waals surface area contributed by atoms with Crippen molar-refractivity contribution in [1.29, 1.82) is 0 Å². The maximum absolute atomic E-state index is 12.6.